The second-order valence-electron chi connectivity index (χ2n) is 8.52. The van der Waals surface area contributed by atoms with Crippen molar-refractivity contribution in [3.05, 3.63) is 39.6 Å². The van der Waals surface area contributed by atoms with Crippen molar-refractivity contribution in [1.29, 1.82) is 0 Å². The summed E-state index contributed by atoms with van der Waals surface area (Å²) >= 11 is 12.8. The van der Waals surface area contributed by atoms with E-state index in [1.54, 1.807) is 25.1 Å². The lowest BCUT2D eigenvalue weighted by molar-refractivity contribution is -0.118. The van der Waals surface area contributed by atoms with Crippen molar-refractivity contribution in [1.82, 2.24) is 5.16 Å². The summed E-state index contributed by atoms with van der Waals surface area (Å²) in [5.41, 5.74) is 0.283. The molecule has 6 nitrogen and oxygen atoms in total. The van der Waals surface area contributed by atoms with Gasteiger partial charge >= 0.3 is 0 Å². The molecular weight excluding hydrogens is 417 g/mol. The number of hydrogen-bond donors (Lipinski definition) is 1. The van der Waals surface area contributed by atoms with Crippen LogP contribution in [0.15, 0.2) is 22.7 Å². The Morgan fingerprint density at radius 2 is 1.97 bits per heavy atom. The van der Waals surface area contributed by atoms with Gasteiger partial charge in [-0.15, -0.1) is 0 Å². The molecule has 0 amide bonds. The van der Waals surface area contributed by atoms with E-state index < -0.39 is 11.2 Å². The fraction of sp³-hybridized carbons (Fsp3) is 0.571. The molecule has 2 aromatic rings. The Hall–Kier alpha value is -1.15. The number of aromatic nitrogens is 1. The molecule has 5 rings (SSSR count). The van der Waals surface area contributed by atoms with Gasteiger partial charge in [0.05, 0.1) is 29.9 Å². The fourth-order valence-corrected chi connectivity index (χ4v) is 4.85. The van der Waals surface area contributed by atoms with Crippen molar-refractivity contribution in [3.63, 3.8) is 0 Å². The average molecular weight is 440 g/mol. The van der Waals surface area contributed by atoms with Crippen molar-refractivity contribution in [3.8, 4) is 11.3 Å². The summed E-state index contributed by atoms with van der Waals surface area (Å²) in [6.07, 6.45) is 1.49. The van der Waals surface area contributed by atoms with Crippen LogP contribution >= 0.6 is 23.2 Å². The highest BCUT2D eigenvalue weighted by atomic mass is 35.5. The van der Waals surface area contributed by atoms with Gasteiger partial charge in [0.1, 0.15) is 34.9 Å². The molecule has 3 aliphatic rings. The van der Waals surface area contributed by atoms with Crippen LogP contribution in [-0.4, -0.2) is 46.9 Å². The molecule has 156 valence electrons. The molecule has 2 aliphatic heterocycles. The number of ether oxygens (including phenoxy) is 3. The van der Waals surface area contributed by atoms with E-state index in [9.17, 15) is 5.11 Å². The van der Waals surface area contributed by atoms with Crippen LogP contribution in [0.5, 0.6) is 0 Å². The fourth-order valence-electron chi connectivity index (χ4n) is 4.28. The molecule has 2 saturated heterocycles. The second-order valence-corrected chi connectivity index (χ2v) is 9.33. The zero-order valence-electron chi connectivity index (χ0n) is 16.3. The van der Waals surface area contributed by atoms with Gasteiger partial charge in [-0.1, -0.05) is 34.4 Å². The van der Waals surface area contributed by atoms with Crippen molar-refractivity contribution in [2.45, 2.75) is 62.6 Å². The van der Waals surface area contributed by atoms with Crippen LogP contribution in [0.3, 0.4) is 0 Å². The maximum atomic E-state index is 10.6. The summed E-state index contributed by atoms with van der Waals surface area (Å²) in [6, 6.07) is 5.36. The topological polar surface area (TPSA) is 74.0 Å². The number of rotatable bonds is 5. The monoisotopic (exact) mass is 439 g/mol. The van der Waals surface area contributed by atoms with Gasteiger partial charge in [-0.2, -0.15) is 0 Å². The van der Waals surface area contributed by atoms with Gasteiger partial charge in [0.15, 0.2) is 0 Å². The van der Waals surface area contributed by atoms with Gasteiger partial charge in [-0.25, -0.2) is 0 Å². The van der Waals surface area contributed by atoms with Crippen LogP contribution in [0.1, 0.15) is 43.9 Å². The molecule has 0 unspecified atom stereocenters. The van der Waals surface area contributed by atoms with Gasteiger partial charge in [-0.3, -0.25) is 0 Å². The first-order chi connectivity index (χ1) is 13.8. The van der Waals surface area contributed by atoms with E-state index in [1.165, 1.54) is 0 Å². The van der Waals surface area contributed by atoms with Crippen LogP contribution < -0.4 is 0 Å². The first-order valence-electron chi connectivity index (χ1n) is 9.84. The average Bonchev–Trinajstić information content (AvgIpc) is 3.28. The Morgan fingerprint density at radius 1 is 1.24 bits per heavy atom. The van der Waals surface area contributed by atoms with Gasteiger partial charge in [0.2, 0.25) is 0 Å². The minimum absolute atomic E-state index is 0.217. The molecule has 1 aromatic carbocycles. The van der Waals surface area contributed by atoms with Crippen LogP contribution in [0, 0.1) is 0 Å². The molecule has 4 atom stereocenters. The molecule has 8 heteroatoms. The summed E-state index contributed by atoms with van der Waals surface area (Å²) in [5, 5.41) is 15.9. The lowest BCUT2D eigenvalue weighted by Crippen LogP contribution is -2.52. The van der Waals surface area contributed by atoms with Crippen LogP contribution in [0.25, 0.3) is 11.3 Å². The predicted molar refractivity (Wildman–Crippen MR) is 107 cm³/mol. The van der Waals surface area contributed by atoms with E-state index in [0.717, 1.165) is 24.2 Å². The highest BCUT2D eigenvalue weighted by molar-refractivity contribution is 6.39. The minimum Gasteiger partial charge on any atom is -0.385 e. The summed E-state index contributed by atoms with van der Waals surface area (Å²) in [6.45, 7) is 4.45. The third-order valence-corrected chi connectivity index (χ3v) is 7.08. The van der Waals surface area contributed by atoms with Crippen molar-refractivity contribution in [2.24, 2.45) is 0 Å². The highest BCUT2D eigenvalue weighted by Crippen LogP contribution is 2.47. The minimum atomic E-state index is -1.05. The van der Waals surface area contributed by atoms with Crippen molar-refractivity contribution in [2.75, 3.05) is 13.2 Å². The summed E-state index contributed by atoms with van der Waals surface area (Å²) in [4.78, 5) is 0. The molecule has 0 spiro atoms. The molecule has 3 fully saturated rings. The molecule has 1 saturated carbocycles. The third kappa shape index (κ3) is 3.12. The zero-order valence-corrected chi connectivity index (χ0v) is 17.8. The van der Waals surface area contributed by atoms with E-state index in [1.807, 2.05) is 6.92 Å². The van der Waals surface area contributed by atoms with E-state index >= 15 is 0 Å². The normalized spacial score (nSPS) is 34.0. The summed E-state index contributed by atoms with van der Waals surface area (Å²) < 4.78 is 23.7. The first-order valence-corrected chi connectivity index (χ1v) is 10.6. The first kappa shape index (κ1) is 19.8. The SMILES string of the molecule is C[C@]12OC[C@H](OCc3c(-c4c(Cl)cccc4Cl)noc3C3CC3)[C@H]1OC[C@@]2(C)O. The Morgan fingerprint density at radius 3 is 2.66 bits per heavy atom. The Labute approximate surface area is 179 Å². The molecular formula is C21H23Cl2NO5. The summed E-state index contributed by atoms with van der Waals surface area (Å²) in [5.74, 6) is 1.18. The molecule has 0 bridgehead atoms. The van der Waals surface area contributed by atoms with E-state index in [2.05, 4.69) is 5.16 Å². The number of halogens is 2. The van der Waals surface area contributed by atoms with E-state index in [0.29, 0.717) is 33.8 Å². The lowest BCUT2D eigenvalue weighted by Gasteiger charge is -2.33. The lowest BCUT2D eigenvalue weighted by atomic mass is 9.84. The van der Waals surface area contributed by atoms with E-state index in [4.69, 9.17) is 41.9 Å². The number of nitrogens with zero attached hydrogens (tertiary/aromatic N) is 1. The Balaban J connectivity index is 1.43. The second kappa shape index (κ2) is 6.94. The molecule has 1 aromatic heterocycles. The Kier molecular flexibility index (Phi) is 4.74. The zero-order chi connectivity index (χ0) is 20.4. The van der Waals surface area contributed by atoms with Crippen LogP contribution in [0.4, 0.5) is 0 Å². The van der Waals surface area contributed by atoms with E-state index in [-0.39, 0.29) is 25.4 Å². The molecule has 0 radical (unpaired) electrons. The maximum Gasteiger partial charge on any atom is 0.145 e. The van der Waals surface area contributed by atoms with Crippen LogP contribution in [0.2, 0.25) is 10.0 Å². The number of aliphatic hydroxyl groups is 1. The van der Waals surface area contributed by atoms with Crippen molar-refractivity contribution < 1.29 is 23.8 Å². The smallest absolute Gasteiger partial charge is 0.145 e. The van der Waals surface area contributed by atoms with Crippen LogP contribution in [-0.2, 0) is 20.8 Å². The number of benzene rings is 1. The molecule has 3 heterocycles. The van der Waals surface area contributed by atoms with Gasteiger partial charge < -0.3 is 23.8 Å². The highest BCUT2D eigenvalue weighted by Gasteiger charge is 2.63. The Bertz CT molecular complexity index is 921. The molecule has 1 aliphatic carbocycles. The standard InChI is InChI=1S/C21H23Cl2NO5/c1-20(25)10-27-19-15(9-28-21(19,20)2)26-8-12-17(24-29-18(12)11-6-7-11)16-13(22)4-3-5-14(16)23/h3-5,11,15,19,25H,6-10H2,1-2H3/t15-,19+,20+,21-/m0/s1. The maximum absolute atomic E-state index is 10.6. The summed E-state index contributed by atoms with van der Waals surface area (Å²) in [7, 11) is 0. The van der Waals surface area contributed by atoms with Crippen molar-refractivity contribution >= 4 is 23.2 Å². The number of fused-ring (bicyclic) bond motifs is 1. The molecule has 29 heavy (non-hydrogen) atoms. The quantitative estimate of drug-likeness (QED) is 0.746. The van der Waals surface area contributed by atoms with Gasteiger partial charge in [0, 0.05) is 17.0 Å². The number of hydrogen-bond acceptors (Lipinski definition) is 6. The predicted octanol–water partition coefficient (Wildman–Crippen LogP) is 4.35. The van der Waals surface area contributed by atoms with Gasteiger partial charge in [-0.05, 0) is 38.8 Å². The largest absolute Gasteiger partial charge is 0.385 e. The third-order valence-electron chi connectivity index (χ3n) is 6.45. The molecule has 1 N–H and O–H groups in total. The van der Waals surface area contributed by atoms with Gasteiger partial charge in [0.25, 0.3) is 0 Å².